The predicted molar refractivity (Wildman–Crippen MR) is 152 cm³/mol. The number of methoxy groups -OCH3 is 1. The largest absolute Gasteiger partial charge is 0.491 e. The quantitative estimate of drug-likeness (QED) is 0.248. The number of pyridine rings is 1. The molecule has 9 heteroatoms. The van der Waals surface area contributed by atoms with E-state index >= 15 is 0 Å². The Morgan fingerprint density at radius 3 is 2.62 bits per heavy atom. The Morgan fingerprint density at radius 1 is 0.974 bits per heavy atom. The van der Waals surface area contributed by atoms with Crippen LogP contribution in [0.2, 0.25) is 0 Å². The number of H-pyrrole nitrogens is 2. The van der Waals surface area contributed by atoms with Gasteiger partial charge in [0, 0.05) is 41.6 Å². The van der Waals surface area contributed by atoms with Crippen molar-refractivity contribution in [3.8, 4) is 39.4 Å². The number of nitrogens with zero attached hydrogens (tertiary/aromatic N) is 3. The summed E-state index contributed by atoms with van der Waals surface area (Å²) in [6, 6.07) is 19.1. The highest BCUT2D eigenvalue weighted by Crippen LogP contribution is 2.40. The molecule has 0 aliphatic heterocycles. The summed E-state index contributed by atoms with van der Waals surface area (Å²) in [4.78, 5) is 25.5. The minimum atomic E-state index is -0.326. The first kappa shape index (κ1) is 24.3. The lowest BCUT2D eigenvalue weighted by Gasteiger charge is -2.16. The normalized spacial score (nSPS) is 12.2. The number of fused-ring (bicyclic) bond motifs is 2. The lowest BCUT2D eigenvalue weighted by Crippen LogP contribution is -2.15. The van der Waals surface area contributed by atoms with Gasteiger partial charge in [0.15, 0.2) is 0 Å². The molecule has 0 aliphatic carbocycles. The van der Waals surface area contributed by atoms with Crippen molar-refractivity contribution in [3.63, 3.8) is 0 Å². The molecule has 1 atom stereocenters. The zero-order chi connectivity index (χ0) is 26.9. The molecule has 3 heterocycles. The average Bonchev–Trinajstić information content (AvgIpc) is 3.46. The summed E-state index contributed by atoms with van der Waals surface area (Å²) >= 11 is 0. The van der Waals surface area contributed by atoms with Gasteiger partial charge >= 0.3 is 0 Å². The van der Waals surface area contributed by atoms with E-state index in [0.717, 1.165) is 33.2 Å². The number of anilines is 1. The highest BCUT2D eigenvalue weighted by molar-refractivity contribution is 6.09. The molecule has 0 spiro atoms. The van der Waals surface area contributed by atoms with E-state index in [1.54, 1.807) is 37.8 Å². The van der Waals surface area contributed by atoms with Crippen LogP contribution in [0.3, 0.4) is 0 Å². The van der Waals surface area contributed by atoms with Crippen molar-refractivity contribution in [1.29, 1.82) is 0 Å². The van der Waals surface area contributed by atoms with Crippen LogP contribution < -0.4 is 16.0 Å². The van der Waals surface area contributed by atoms with Crippen LogP contribution in [0.5, 0.6) is 5.75 Å². The van der Waals surface area contributed by atoms with E-state index in [1.165, 1.54) is 0 Å². The van der Waals surface area contributed by atoms with Crippen LogP contribution in [0.15, 0.2) is 84.0 Å². The van der Waals surface area contributed by atoms with Crippen LogP contribution in [0.4, 0.5) is 5.69 Å². The molecule has 9 nitrogen and oxygen atoms in total. The number of nitrogens with two attached hydrogens (primary N) is 1. The van der Waals surface area contributed by atoms with Crippen LogP contribution in [-0.4, -0.2) is 45.0 Å². The third-order valence-electron chi connectivity index (χ3n) is 6.78. The summed E-state index contributed by atoms with van der Waals surface area (Å²) in [5.74, 6) is 1.11. The molecule has 0 saturated carbocycles. The van der Waals surface area contributed by atoms with Crippen molar-refractivity contribution in [1.82, 2.24) is 25.1 Å². The van der Waals surface area contributed by atoms with E-state index in [0.29, 0.717) is 40.3 Å². The van der Waals surface area contributed by atoms with Gasteiger partial charge in [-0.2, -0.15) is 5.10 Å². The van der Waals surface area contributed by atoms with Gasteiger partial charge in [0.05, 0.1) is 34.4 Å². The highest BCUT2D eigenvalue weighted by atomic mass is 16.5. The first-order valence-electron chi connectivity index (χ1n) is 12.5. The summed E-state index contributed by atoms with van der Waals surface area (Å²) < 4.78 is 11.3. The molecule has 0 amide bonds. The SMILES string of the molecule is CO[C@H](C)COc1cccc(-c2cc(-c3cccc4[nH]ncc34)c(N)c3c(=O)[nH]c(-c4ccncc4)nc23)c1. The number of aromatic nitrogens is 5. The standard InChI is InChI=1S/C30H26N6O3/c1-17(38-2)16-39-20-6-3-5-19(13-20)22-14-23(21-7-4-8-25-24(21)15-33-36-25)27(31)26-28(22)34-29(35-30(26)37)18-9-11-32-12-10-18/h3-15,17H,16,31H2,1-2H3,(H,33,36)(H,34,35,37)/t17-/m1/s1. The fraction of sp³-hybridized carbons (Fsp3) is 0.133. The molecule has 3 aromatic carbocycles. The van der Waals surface area contributed by atoms with E-state index in [4.69, 9.17) is 20.2 Å². The molecule has 3 aromatic heterocycles. The minimum absolute atomic E-state index is 0.0591. The summed E-state index contributed by atoms with van der Waals surface area (Å²) in [6.07, 6.45) is 5.02. The third kappa shape index (κ3) is 4.49. The number of aromatic amines is 2. The average molecular weight is 519 g/mol. The summed E-state index contributed by atoms with van der Waals surface area (Å²) in [5, 5.41) is 8.42. The minimum Gasteiger partial charge on any atom is -0.491 e. The molecule has 0 saturated heterocycles. The zero-order valence-corrected chi connectivity index (χ0v) is 21.4. The molecule has 0 aliphatic rings. The maximum absolute atomic E-state index is 13.6. The monoisotopic (exact) mass is 518 g/mol. The maximum Gasteiger partial charge on any atom is 0.261 e. The lowest BCUT2D eigenvalue weighted by molar-refractivity contribution is 0.0717. The van der Waals surface area contributed by atoms with Gasteiger partial charge in [0.1, 0.15) is 18.2 Å². The smallest absolute Gasteiger partial charge is 0.261 e. The highest BCUT2D eigenvalue weighted by Gasteiger charge is 2.20. The van der Waals surface area contributed by atoms with E-state index in [2.05, 4.69) is 20.2 Å². The molecule has 0 bridgehead atoms. The van der Waals surface area contributed by atoms with Gasteiger partial charge in [0.25, 0.3) is 5.56 Å². The van der Waals surface area contributed by atoms with Crippen molar-refractivity contribution in [2.24, 2.45) is 0 Å². The number of rotatable bonds is 7. The number of hydrogen-bond donors (Lipinski definition) is 3. The van der Waals surface area contributed by atoms with E-state index in [1.807, 2.05) is 55.5 Å². The zero-order valence-electron chi connectivity index (χ0n) is 21.4. The molecule has 39 heavy (non-hydrogen) atoms. The van der Waals surface area contributed by atoms with Crippen molar-refractivity contribution in [3.05, 3.63) is 89.6 Å². The number of ether oxygens (including phenoxy) is 2. The molecule has 6 aromatic rings. The third-order valence-corrected chi connectivity index (χ3v) is 6.78. The summed E-state index contributed by atoms with van der Waals surface area (Å²) in [7, 11) is 1.65. The Labute approximate surface area is 223 Å². The van der Waals surface area contributed by atoms with Gasteiger partial charge in [-0.25, -0.2) is 4.98 Å². The second kappa shape index (κ2) is 10.0. The molecule has 4 N–H and O–H groups in total. The van der Waals surface area contributed by atoms with Gasteiger partial charge in [-0.3, -0.25) is 14.9 Å². The number of benzene rings is 3. The Bertz CT molecular complexity index is 1860. The molecule has 0 radical (unpaired) electrons. The molecular weight excluding hydrogens is 492 g/mol. The van der Waals surface area contributed by atoms with Crippen molar-refractivity contribution in [2.75, 3.05) is 19.5 Å². The second-order valence-corrected chi connectivity index (χ2v) is 9.28. The fourth-order valence-electron chi connectivity index (χ4n) is 4.67. The van der Waals surface area contributed by atoms with Gasteiger partial charge in [0.2, 0.25) is 0 Å². The molecular formula is C30H26N6O3. The first-order valence-corrected chi connectivity index (χ1v) is 12.5. The van der Waals surface area contributed by atoms with E-state index in [9.17, 15) is 4.79 Å². The Kier molecular flexibility index (Phi) is 6.26. The molecule has 0 fully saturated rings. The van der Waals surface area contributed by atoms with Crippen LogP contribution in [0, 0.1) is 0 Å². The Balaban J connectivity index is 1.62. The second-order valence-electron chi connectivity index (χ2n) is 9.28. The summed E-state index contributed by atoms with van der Waals surface area (Å²) in [5.41, 5.74) is 12.0. The number of hydrogen-bond acceptors (Lipinski definition) is 7. The van der Waals surface area contributed by atoms with Crippen LogP contribution in [0.25, 0.3) is 55.4 Å². The fourth-order valence-corrected chi connectivity index (χ4v) is 4.67. The molecule has 6 rings (SSSR count). The molecule has 194 valence electrons. The lowest BCUT2D eigenvalue weighted by atomic mass is 9.92. The predicted octanol–water partition coefficient (Wildman–Crippen LogP) is 5.19. The van der Waals surface area contributed by atoms with Crippen LogP contribution in [0.1, 0.15) is 6.92 Å². The molecule has 0 unspecified atom stereocenters. The first-order chi connectivity index (χ1) is 19.0. The number of nitrogen functional groups attached to an aromatic ring is 1. The van der Waals surface area contributed by atoms with Crippen LogP contribution in [-0.2, 0) is 4.74 Å². The van der Waals surface area contributed by atoms with Gasteiger partial charge < -0.3 is 20.2 Å². The van der Waals surface area contributed by atoms with Gasteiger partial charge in [-0.1, -0.05) is 24.3 Å². The van der Waals surface area contributed by atoms with Gasteiger partial charge in [-0.15, -0.1) is 0 Å². The van der Waals surface area contributed by atoms with Crippen molar-refractivity contribution >= 4 is 27.5 Å². The van der Waals surface area contributed by atoms with E-state index in [-0.39, 0.29) is 11.7 Å². The van der Waals surface area contributed by atoms with Crippen molar-refractivity contribution in [2.45, 2.75) is 13.0 Å². The Hall–Kier alpha value is -5.02. The maximum atomic E-state index is 13.6. The van der Waals surface area contributed by atoms with Gasteiger partial charge in [-0.05, 0) is 54.4 Å². The summed E-state index contributed by atoms with van der Waals surface area (Å²) in [6.45, 7) is 2.34. The van der Waals surface area contributed by atoms with Crippen molar-refractivity contribution < 1.29 is 9.47 Å². The van der Waals surface area contributed by atoms with Crippen LogP contribution >= 0.6 is 0 Å². The van der Waals surface area contributed by atoms with E-state index < -0.39 is 0 Å². The topological polar surface area (TPSA) is 132 Å². The Morgan fingerprint density at radius 2 is 1.79 bits per heavy atom. The number of nitrogens with one attached hydrogen (secondary N) is 2.